The van der Waals surface area contributed by atoms with Gasteiger partial charge in [-0.1, -0.05) is 54.6 Å². The highest BCUT2D eigenvalue weighted by molar-refractivity contribution is 5.84. The lowest BCUT2D eigenvalue weighted by Gasteiger charge is -2.44. The molecule has 2 bridgehead atoms. The molecular formula is C21H23NO. The molecule has 2 aromatic carbocycles. The summed E-state index contributed by atoms with van der Waals surface area (Å²) in [6, 6.07) is 18.9. The van der Waals surface area contributed by atoms with E-state index in [0.29, 0.717) is 18.1 Å². The lowest BCUT2D eigenvalue weighted by atomic mass is 9.76. The van der Waals surface area contributed by atoms with Gasteiger partial charge in [0.25, 0.3) is 0 Å². The Morgan fingerprint density at radius 2 is 1.57 bits per heavy atom. The highest BCUT2D eigenvalue weighted by atomic mass is 16.1. The number of ketones is 1. The zero-order chi connectivity index (χ0) is 15.6. The van der Waals surface area contributed by atoms with Crippen LogP contribution in [0.1, 0.15) is 18.4 Å². The van der Waals surface area contributed by atoms with E-state index in [2.05, 4.69) is 53.4 Å². The van der Waals surface area contributed by atoms with Gasteiger partial charge in [-0.15, -0.1) is 0 Å². The van der Waals surface area contributed by atoms with Crippen molar-refractivity contribution in [3.63, 3.8) is 0 Å². The van der Waals surface area contributed by atoms with Crippen LogP contribution in [0.15, 0.2) is 54.6 Å². The highest BCUT2D eigenvalue weighted by Gasteiger charge is 2.37. The lowest BCUT2D eigenvalue weighted by molar-refractivity contribution is -0.128. The van der Waals surface area contributed by atoms with Crippen LogP contribution in [0.25, 0.3) is 11.1 Å². The highest BCUT2D eigenvalue weighted by Crippen LogP contribution is 2.33. The van der Waals surface area contributed by atoms with E-state index in [-0.39, 0.29) is 5.92 Å². The van der Waals surface area contributed by atoms with Gasteiger partial charge in [0.05, 0.1) is 0 Å². The van der Waals surface area contributed by atoms with Crippen molar-refractivity contribution in [2.24, 2.45) is 11.8 Å². The van der Waals surface area contributed by atoms with Crippen molar-refractivity contribution in [1.82, 2.24) is 4.90 Å². The maximum atomic E-state index is 12.7. The van der Waals surface area contributed by atoms with Gasteiger partial charge in [0.2, 0.25) is 0 Å². The van der Waals surface area contributed by atoms with Crippen molar-refractivity contribution < 1.29 is 4.79 Å². The first-order valence-electron chi connectivity index (χ1n) is 8.69. The van der Waals surface area contributed by atoms with Gasteiger partial charge in [-0.05, 0) is 48.5 Å². The first-order chi connectivity index (χ1) is 11.3. The number of carbonyl (C=O) groups is 1. The van der Waals surface area contributed by atoms with E-state index in [4.69, 9.17) is 0 Å². The largest absolute Gasteiger partial charge is 0.303 e. The molecule has 3 saturated heterocycles. The number of piperidine rings is 3. The van der Waals surface area contributed by atoms with Crippen LogP contribution >= 0.6 is 0 Å². The second-order valence-corrected chi connectivity index (χ2v) is 6.95. The molecule has 0 amide bonds. The average molecular weight is 305 g/mol. The third-order valence-electron chi connectivity index (χ3n) is 5.51. The summed E-state index contributed by atoms with van der Waals surface area (Å²) in [6.07, 6.45) is 3.01. The topological polar surface area (TPSA) is 20.3 Å². The molecule has 2 nitrogen and oxygen atoms in total. The van der Waals surface area contributed by atoms with Crippen molar-refractivity contribution in [3.05, 3.63) is 60.2 Å². The third-order valence-corrected chi connectivity index (χ3v) is 5.51. The lowest BCUT2D eigenvalue weighted by Crippen LogP contribution is -2.50. The first-order valence-corrected chi connectivity index (χ1v) is 8.69. The van der Waals surface area contributed by atoms with E-state index >= 15 is 0 Å². The summed E-state index contributed by atoms with van der Waals surface area (Å²) in [4.78, 5) is 15.1. The quantitative estimate of drug-likeness (QED) is 0.856. The van der Waals surface area contributed by atoms with Gasteiger partial charge in [-0.2, -0.15) is 0 Å². The zero-order valence-corrected chi connectivity index (χ0v) is 13.4. The monoisotopic (exact) mass is 305 g/mol. The molecule has 3 aliphatic heterocycles. The molecule has 3 fully saturated rings. The van der Waals surface area contributed by atoms with Gasteiger partial charge in [-0.3, -0.25) is 4.79 Å². The van der Waals surface area contributed by atoms with E-state index in [1.165, 1.54) is 37.1 Å². The van der Waals surface area contributed by atoms with Gasteiger partial charge in [0, 0.05) is 18.9 Å². The minimum absolute atomic E-state index is 0.270. The summed E-state index contributed by atoms with van der Waals surface area (Å²) in [5, 5.41) is 0. The van der Waals surface area contributed by atoms with Gasteiger partial charge >= 0.3 is 0 Å². The molecule has 0 saturated carbocycles. The summed E-state index contributed by atoms with van der Waals surface area (Å²) in [6.45, 7) is 3.38. The SMILES string of the molecule is O=C(Cc1ccc(-c2ccccc2)cc1)C1CN2CCC1CC2. The molecule has 3 heterocycles. The van der Waals surface area contributed by atoms with Crippen LogP contribution in [0.2, 0.25) is 0 Å². The van der Waals surface area contributed by atoms with Crippen molar-refractivity contribution in [2.45, 2.75) is 19.3 Å². The van der Waals surface area contributed by atoms with Gasteiger partial charge in [0.15, 0.2) is 0 Å². The standard InChI is InChI=1S/C21H23NO/c23-21(20-15-22-12-10-19(20)11-13-22)14-16-6-8-18(9-7-16)17-4-2-1-3-5-17/h1-9,19-20H,10-15H2. The summed E-state index contributed by atoms with van der Waals surface area (Å²) >= 11 is 0. The third kappa shape index (κ3) is 3.09. The number of hydrogen-bond donors (Lipinski definition) is 0. The van der Waals surface area contributed by atoms with Crippen LogP contribution in [-0.4, -0.2) is 30.3 Å². The van der Waals surface area contributed by atoms with Crippen LogP contribution in [0.3, 0.4) is 0 Å². The van der Waals surface area contributed by atoms with Crippen molar-refractivity contribution >= 4 is 5.78 Å². The van der Waals surface area contributed by atoms with E-state index in [1.54, 1.807) is 0 Å². The molecular weight excluding hydrogens is 282 g/mol. The molecule has 1 atom stereocenters. The second-order valence-electron chi connectivity index (χ2n) is 6.95. The zero-order valence-electron chi connectivity index (χ0n) is 13.4. The Kier molecular flexibility index (Phi) is 4.00. The molecule has 5 rings (SSSR count). The Hall–Kier alpha value is -1.93. The Morgan fingerprint density at radius 1 is 0.913 bits per heavy atom. The second kappa shape index (κ2) is 6.29. The maximum absolute atomic E-state index is 12.7. The van der Waals surface area contributed by atoms with Crippen LogP contribution in [-0.2, 0) is 11.2 Å². The minimum atomic E-state index is 0.270. The fourth-order valence-electron chi connectivity index (χ4n) is 4.11. The van der Waals surface area contributed by atoms with Crippen LogP contribution in [0.4, 0.5) is 0 Å². The summed E-state index contributed by atoms with van der Waals surface area (Å²) in [5.74, 6) is 1.34. The number of carbonyl (C=O) groups excluding carboxylic acids is 1. The molecule has 3 aliphatic rings. The van der Waals surface area contributed by atoms with Gasteiger partial charge in [-0.25, -0.2) is 0 Å². The Labute approximate surface area is 138 Å². The average Bonchev–Trinajstić information content (AvgIpc) is 2.64. The molecule has 23 heavy (non-hydrogen) atoms. The van der Waals surface area contributed by atoms with Crippen molar-refractivity contribution in [2.75, 3.05) is 19.6 Å². The summed E-state index contributed by atoms with van der Waals surface area (Å²) in [5.41, 5.74) is 3.58. The summed E-state index contributed by atoms with van der Waals surface area (Å²) in [7, 11) is 0. The molecule has 118 valence electrons. The number of benzene rings is 2. The molecule has 1 unspecified atom stereocenters. The van der Waals surface area contributed by atoms with Crippen molar-refractivity contribution in [3.8, 4) is 11.1 Å². The van der Waals surface area contributed by atoms with Gasteiger partial charge in [0.1, 0.15) is 5.78 Å². The maximum Gasteiger partial charge on any atom is 0.141 e. The van der Waals surface area contributed by atoms with E-state index < -0.39 is 0 Å². The Balaban J connectivity index is 1.44. The van der Waals surface area contributed by atoms with Crippen molar-refractivity contribution in [1.29, 1.82) is 0 Å². The normalized spacial score (nSPS) is 26.2. The molecule has 0 aromatic heterocycles. The van der Waals surface area contributed by atoms with E-state index in [1.807, 2.05) is 6.07 Å². The number of Topliss-reactive ketones (excluding diaryl/α,β-unsaturated/α-hetero) is 1. The Morgan fingerprint density at radius 3 is 2.17 bits per heavy atom. The predicted octanol–water partition coefficient (Wildman–Crippen LogP) is 3.81. The molecule has 0 N–H and O–H groups in total. The fourth-order valence-corrected chi connectivity index (χ4v) is 4.11. The minimum Gasteiger partial charge on any atom is -0.303 e. The van der Waals surface area contributed by atoms with E-state index in [0.717, 1.165) is 12.1 Å². The number of hydrogen-bond acceptors (Lipinski definition) is 2. The number of nitrogens with zero attached hydrogens (tertiary/aromatic N) is 1. The predicted molar refractivity (Wildman–Crippen MR) is 93.2 cm³/mol. The smallest absolute Gasteiger partial charge is 0.141 e. The van der Waals surface area contributed by atoms with Gasteiger partial charge < -0.3 is 4.90 Å². The molecule has 0 radical (unpaired) electrons. The fraction of sp³-hybridized carbons (Fsp3) is 0.381. The molecule has 0 spiro atoms. The molecule has 0 aliphatic carbocycles. The molecule has 2 heteroatoms. The van der Waals surface area contributed by atoms with E-state index in [9.17, 15) is 4.79 Å². The number of rotatable bonds is 4. The Bertz CT molecular complexity index is 669. The summed E-state index contributed by atoms with van der Waals surface area (Å²) < 4.78 is 0. The molecule has 2 aromatic rings. The van der Waals surface area contributed by atoms with Crippen LogP contribution < -0.4 is 0 Å². The van der Waals surface area contributed by atoms with Crippen LogP contribution in [0.5, 0.6) is 0 Å². The first kappa shape index (κ1) is 14.6. The van der Waals surface area contributed by atoms with Crippen LogP contribution in [0, 0.1) is 11.8 Å². The number of fused-ring (bicyclic) bond motifs is 3.